The molecule has 150 valence electrons. The molecule has 0 atom stereocenters. The molecule has 0 aliphatic carbocycles. The first-order valence-corrected chi connectivity index (χ1v) is 8.70. The zero-order valence-corrected chi connectivity index (χ0v) is 16.7. The minimum absolute atomic E-state index is 0.0208. The van der Waals surface area contributed by atoms with Crippen molar-refractivity contribution in [3.63, 3.8) is 0 Å². The number of ether oxygens (including phenoxy) is 2. The van der Waals surface area contributed by atoms with Crippen LogP contribution in [-0.2, 0) is 9.53 Å². The number of likely N-dealkylation sites (N-methyl/N-ethyl adjacent to an activating group) is 1. The quantitative estimate of drug-likeness (QED) is 0.532. The van der Waals surface area contributed by atoms with Gasteiger partial charge in [-0.15, -0.1) is 0 Å². The van der Waals surface area contributed by atoms with Gasteiger partial charge >= 0.3 is 5.97 Å². The lowest BCUT2D eigenvalue weighted by molar-refractivity contribution is -0.116. The average molecular weight is 387 g/mol. The van der Waals surface area contributed by atoms with Crippen molar-refractivity contribution in [2.24, 2.45) is 0 Å². The summed E-state index contributed by atoms with van der Waals surface area (Å²) >= 11 is 0. The fraction of sp³-hybridized carbons (Fsp3) is 0.350. The van der Waals surface area contributed by atoms with E-state index < -0.39 is 5.97 Å². The number of carbonyl (C=O) groups excluding carboxylic acids is 3. The summed E-state index contributed by atoms with van der Waals surface area (Å²) in [6.07, 6.45) is 0. The van der Waals surface area contributed by atoms with Gasteiger partial charge in [0.1, 0.15) is 5.75 Å². The molecule has 0 fully saturated rings. The Morgan fingerprint density at radius 1 is 1.14 bits per heavy atom. The van der Waals surface area contributed by atoms with Crippen molar-refractivity contribution in [1.29, 1.82) is 0 Å². The number of hydrogen-bond donors (Lipinski definition) is 2. The lowest BCUT2D eigenvalue weighted by atomic mass is 10.1. The number of Topliss-reactive ketones (excluding diaryl/α,β-unsaturated/α-hetero) is 1. The molecule has 0 aliphatic rings. The lowest BCUT2D eigenvalue weighted by Gasteiger charge is -2.15. The van der Waals surface area contributed by atoms with Crippen molar-refractivity contribution in [2.75, 3.05) is 39.7 Å². The summed E-state index contributed by atoms with van der Waals surface area (Å²) in [5, 5.41) is 2.77. The summed E-state index contributed by atoms with van der Waals surface area (Å²) < 4.78 is 9.88. The van der Waals surface area contributed by atoms with Crippen molar-refractivity contribution >= 4 is 23.3 Å². The summed E-state index contributed by atoms with van der Waals surface area (Å²) in [5.74, 6) is -0.317. The summed E-state index contributed by atoms with van der Waals surface area (Å²) in [6, 6.07) is 7.02. The second-order valence-electron chi connectivity index (χ2n) is 6.49. The third-order valence-corrected chi connectivity index (χ3v) is 4.29. The monoisotopic (exact) mass is 387 g/mol. The van der Waals surface area contributed by atoms with E-state index in [1.54, 1.807) is 57.2 Å². The number of amides is 1. The average Bonchev–Trinajstić information content (AvgIpc) is 2.95. The van der Waals surface area contributed by atoms with Gasteiger partial charge < -0.3 is 19.8 Å². The SMILES string of the molecule is COC(=O)c1c(C)[nH]c(C(=O)CN(C)CC(=O)Nc2cccc(OC)c2)c1C. The van der Waals surface area contributed by atoms with Crippen molar-refractivity contribution in [1.82, 2.24) is 9.88 Å². The van der Waals surface area contributed by atoms with Crippen LogP contribution >= 0.6 is 0 Å². The second kappa shape index (κ2) is 9.18. The largest absolute Gasteiger partial charge is 0.497 e. The van der Waals surface area contributed by atoms with Gasteiger partial charge in [-0.05, 0) is 38.6 Å². The van der Waals surface area contributed by atoms with E-state index in [4.69, 9.17) is 9.47 Å². The summed E-state index contributed by atoms with van der Waals surface area (Å²) in [7, 11) is 4.52. The minimum Gasteiger partial charge on any atom is -0.497 e. The molecule has 0 radical (unpaired) electrons. The van der Waals surface area contributed by atoms with E-state index in [0.717, 1.165) is 0 Å². The Morgan fingerprint density at radius 3 is 2.50 bits per heavy atom. The van der Waals surface area contributed by atoms with Gasteiger partial charge in [-0.1, -0.05) is 6.07 Å². The number of esters is 1. The molecule has 28 heavy (non-hydrogen) atoms. The van der Waals surface area contributed by atoms with E-state index in [9.17, 15) is 14.4 Å². The summed E-state index contributed by atoms with van der Waals surface area (Å²) in [4.78, 5) is 41.2. The number of aryl methyl sites for hydroxylation is 1. The number of methoxy groups -OCH3 is 2. The third-order valence-electron chi connectivity index (χ3n) is 4.29. The molecule has 1 amide bonds. The molecule has 0 spiro atoms. The fourth-order valence-corrected chi connectivity index (χ4v) is 2.96. The number of anilines is 1. The van der Waals surface area contributed by atoms with E-state index in [-0.39, 0.29) is 24.8 Å². The number of aromatic amines is 1. The van der Waals surface area contributed by atoms with E-state index in [0.29, 0.717) is 34.0 Å². The van der Waals surface area contributed by atoms with Crippen molar-refractivity contribution in [2.45, 2.75) is 13.8 Å². The van der Waals surface area contributed by atoms with Crippen LogP contribution in [0, 0.1) is 13.8 Å². The van der Waals surface area contributed by atoms with Crippen LogP contribution in [0.15, 0.2) is 24.3 Å². The Morgan fingerprint density at radius 2 is 1.86 bits per heavy atom. The van der Waals surface area contributed by atoms with Crippen LogP contribution in [0.5, 0.6) is 5.75 Å². The molecule has 1 aromatic carbocycles. The second-order valence-corrected chi connectivity index (χ2v) is 6.49. The standard InChI is InChI=1S/C20H25N3O5/c1-12-18(20(26)28-5)13(2)21-19(12)16(24)10-23(3)11-17(25)22-14-7-6-8-15(9-14)27-4/h6-9,21H,10-11H2,1-5H3,(H,22,25). The molecule has 2 rings (SSSR count). The highest BCUT2D eigenvalue weighted by atomic mass is 16.5. The predicted octanol–water partition coefficient (Wildman–Crippen LogP) is 2.18. The van der Waals surface area contributed by atoms with Crippen molar-refractivity contribution in [3.8, 4) is 5.75 Å². The summed E-state index contributed by atoms with van der Waals surface area (Å²) in [6.45, 7) is 3.46. The maximum absolute atomic E-state index is 12.6. The number of carbonyl (C=O) groups is 3. The van der Waals surface area contributed by atoms with Crippen LogP contribution in [-0.4, -0.2) is 61.9 Å². The Bertz CT molecular complexity index is 888. The molecule has 2 aromatic rings. The molecule has 0 saturated heterocycles. The Kier molecular flexibility index (Phi) is 6.94. The number of rotatable bonds is 8. The van der Waals surface area contributed by atoms with Crippen LogP contribution < -0.4 is 10.1 Å². The van der Waals surface area contributed by atoms with Crippen LogP contribution in [0.25, 0.3) is 0 Å². The molecule has 8 nitrogen and oxygen atoms in total. The third kappa shape index (κ3) is 4.98. The highest BCUT2D eigenvalue weighted by molar-refractivity contribution is 6.02. The fourth-order valence-electron chi connectivity index (χ4n) is 2.96. The predicted molar refractivity (Wildman–Crippen MR) is 105 cm³/mol. The molecular weight excluding hydrogens is 362 g/mol. The van der Waals surface area contributed by atoms with Gasteiger partial charge in [0.05, 0.1) is 38.6 Å². The first-order chi connectivity index (χ1) is 13.3. The number of nitrogens with zero attached hydrogens (tertiary/aromatic N) is 1. The van der Waals surface area contributed by atoms with Crippen LogP contribution in [0.2, 0.25) is 0 Å². The van der Waals surface area contributed by atoms with Gasteiger partial charge in [0.2, 0.25) is 5.91 Å². The van der Waals surface area contributed by atoms with E-state index >= 15 is 0 Å². The minimum atomic E-state index is -0.490. The molecule has 0 unspecified atom stereocenters. The normalized spacial score (nSPS) is 10.6. The van der Waals surface area contributed by atoms with Crippen LogP contribution in [0.3, 0.4) is 0 Å². The molecular formula is C20H25N3O5. The van der Waals surface area contributed by atoms with Crippen molar-refractivity contribution < 1.29 is 23.9 Å². The van der Waals surface area contributed by atoms with E-state index in [1.165, 1.54) is 7.11 Å². The smallest absolute Gasteiger partial charge is 0.339 e. The molecule has 2 N–H and O–H groups in total. The number of ketones is 1. The first kappa shape index (κ1) is 21.2. The van der Waals surface area contributed by atoms with Gasteiger partial charge in [-0.25, -0.2) is 4.79 Å². The molecule has 0 saturated carbocycles. The summed E-state index contributed by atoms with van der Waals surface area (Å²) in [5.41, 5.74) is 2.44. The number of aromatic nitrogens is 1. The lowest BCUT2D eigenvalue weighted by Crippen LogP contribution is -2.34. The maximum atomic E-state index is 12.6. The number of nitrogens with one attached hydrogen (secondary N) is 2. The number of hydrogen-bond acceptors (Lipinski definition) is 6. The molecule has 0 bridgehead atoms. The van der Waals surface area contributed by atoms with Crippen LogP contribution in [0.1, 0.15) is 32.1 Å². The van der Waals surface area contributed by atoms with Gasteiger partial charge in [0.25, 0.3) is 0 Å². The molecule has 1 aromatic heterocycles. The number of H-pyrrole nitrogens is 1. The Balaban J connectivity index is 1.99. The van der Waals surface area contributed by atoms with Crippen LogP contribution in [0.4, 0.5) is 5.69 Å². The highest BCUT2D eigenvalue weighted by Crippen LogP contribution is 2.20. The van der Waals surface area contributed by atoms with Gasteiger partial charge in [-0.2, -0.15) is 0 Å². The molecule has 1 heterocycles. The Hall–Kier alpha value is -3.13. The maximum Gasteiger partial charge on any atom is 0.339 e. The van der Waals surface area contributed by atoms with Gasteiger partial charge in [0.15, 0.2) is 5.78 Å². The van der Waals surface area contributed by atoms with E-state index in [2.05, 4.69) is 10.3 Å². The van der Waals surface area contributed by atoms with E-state index in [1.807, 2.05) is 0 Å². The Labute approximate surface area is 163 Å². The first-order valence-electron chi connectivity index (χ1n) is 8.70. The van der Waals surface area contributed by atoms with Gasteiger partial charge in [0, 0.05) is 17.4 Å². The topological polar surface area (TPSA) is 101 Å². The van der Waals surface area contributed by atoms with Crippen molar-refractivity contribution in [3.05, 3.63) is 46.8 Å². The zero-order valence-electron chi connectivity index (χ0n) is 16.7. The molecule has 0 aliphatic heterocycles. The zero-order chi connectivity index (χ0) is 20.8. The molecule has 8 heteroatoms. The highest BCUT2D eigenvalue weighted by Gasteiger charge is 2.23. The van der Waals surface area contributed by atoms with Gasteiger partial charge in [-0.3, -0.25) is 14.5 Å². The number of benzene rings is 1.